The van der Waals surface area contributed by atoms with E-state index in [1.54, 1.807) is 4.68 Å². The average Bonchev–Trinajstić information content (AvgIpc) is 3.49. The Hall–Kier alpha value is -3.01. The van der Waals surface area contributed by atoms with Crippen molar-refractivity contribution in [2.45, 2.75) is 52.7 Å². The van der Waals surface area contributed by atoms with Crippen LogP contribution in [0.1, 0.15) is 40.2 Å². The van der Waals surface area contributed by atoms with Gasteiger partial charge in [0.05, 0.1) is 47.6 Å². The van der Waals surface area contributed by atoms with Gasteiger partial charge < -0.3 is 9.64 Å². The van der Waals surface area contributed by atoms with E-state index in [9.17, 15) is 4.79 Å². The van der Waals surface area contributed by atoms with Crippen LogP contribution in [0.4, 0.5) is 0 Å². The van der Waals surface area contributed by atoms with Gasteiger partial charge in [0.2, 0.25) is 5.91 Å². The largest absolute Gasteiger partial charge is 0.374 e. The fourth-order valence-corrected chi connectivity index (χ4v) is 5.44. The second-order valence-electron chi connectivity index (χ2n) is 10.1. The second-order valence-corrected chi connectivity index (χ2v) is 11.3. The topological polar surface area (TPSA) is 78.1 Å². The zero-order valence-electron chi connectivity index (χ0n) is 22.4. The lowest BCUT2D eigenvalue weighted by atomic mass is 10.1. The molecule has 2 aromatic heterocycles. The molecule has 1 aliphatic rings. The Balaban J connectivity index is 1.16. The monoisotopic (exact) mass is 610 g/mol. The summed E-state index contributed by atoms with van der Waals surface area (Å²) in [5.41, 5.74) is 7.40. The average molecular weight is 612 g/mol. The van der Waals surface area contributed by atoms with E-state index in [4.69, 9.17) is 21.4 Å². The molecule has 1 amide bonds. The molecular weight excluding hydrogens is 580 g/mol. The molecular formula is C29H32BrClN6O2. The predicted octanol–water partition coefficient (Wildman–Crippen LogP) is 5.26. The van der Waals surface area contributed by atoms with E-state index in [-0.39, 0.29) is 12.0 Å². The molecule has 3 heterocycles. The van der Waals surface area contributed by atoms with Gasteiger partial charge in [-0.1, -0.05) is 46.6 Å². The molecule has 8 nitrogen and oxygen atoms in total. The van der Waals surface area contributed by atoms with Crippen molar-refractivity contribution in [3.63, 3.8) is 0 Å². The number of hydrogen-bond acceptors (Lipinski definition) is 5. The van der Waals surface area contributed by atoms with Crippen LogP contribution in [0, 0.1) is 20.8 Å². The summed E-state index contributed by atoms with van der Waals surface area (Å²) in [7, 11) is 0. The van der Waals surface area contributed by atoms with Gasteiger partial charge in [-0.2, -0.15) is 5.10 Å². The lowest BCUT2D eigenvalue weighted by Crippen LogP contribution is -2.46. The third kappa shape index (κ3) is 6.59. The number of halogens is 2. The van der Waals surface area contributed by atoms with Gasteiger partial charge in [-0.3, -0.25) is 9.48 Å². The summed E-state index contributed by atoms with van der Waals surface area (Å²) in [6.45, 7) is 8.60. The molecule has 1 saturated heterocycles. The van der Waals surface area contributed by atoms with Crippen LogP contribution in [0.5, 0.6) is 0 Å². The van der Waals surface area contributed by atoms with E-state index in [1.165, 1.54) is 11.1 Å². The van der Waals surface area contributed by atoms with Gasteiger partial charge in [-0.25, -0.2) is 4.68 Å². The molecule has 0 spiro atoms. The van der Waals surface area contributed by atoms with Crippen molar-refractivity contribution in [2.24, 2.45) is 0 Å². The van der Waals surface area contributed by atoms with Crippen molar-refractivity contribution in [2.75, 3.05) is 19.7 Å². The number of benzene rings is 2. The maximum Gasteiger partial charge on any atom is 0.223 e. The van der Waals surface area contributed by atoms with Crippen molar-refractivity contribution < 1.29 is 9.53 Å². The minimum absolute atomic E-state index is 0.120. The van der Waals surface area contributed by atoms with E-state index in [0.29, 0.717) is 44.0 Å². The molecule has 39 heavy (non-hydrogen) atoms. The number of carbonyl (C=O) groups is 1. The van der Waals surface area contributed by atoms with E-state index in [2.05, 4.69) is 64.4 Å². The van der Waals surface area contributed by atoms with Crippen LogP contribution < -0.4 is 0 Å². The summed E-state index contributed by atoms with van der Waals surface area (Å²) in [5.74, 6) is 0.142. The highest BCUT2D eigenvalue weighted by Gasteiger charge is 2.26. The molecule has 4 aromatic rings. The number of hydrogen-bond donors (Lipinski definition) is 0. The van der Waals surface area contributed by atoms with Crippen LogP contribution in [0.15, 0.2) is 53.1 Å². The number of nitrogens with zero attached hydrogens (tertiary/aromatic N) is 6. The van der Waals surface area contributed by atoms with Crippen LogP contribution in [0.3, 0.4) is 0 Å². The fourth-order valence-electron chi connectivity index (χ4n) is 4.95. The Morgan fingerprint density at radius 1 is 1.15 bits per heavy atom. The van der Waals surface area contributed by atoms with E-state index in [1.807, 2.05) is 40.9 Å². The quantitative estimate of drug-likeness (QED) is 0.272. The Kier molecular flexibility index (Phi) is 8.49. The van der Waals surface area contributed by atoms with Crippen molar-refractivity contribution >= 4 is 33.4 Å². The second kappa shape index (κ2) is 12.0. The lowest BCUT2D eigenvalue weighted by Gasteiger charge is -2.32. The molecule has 1 aliphatic heterocycles. The van der Waals surface area contributed by atoms with Crippen LogP contribution in [0.25, 0.3) is 5.69 Å². The summed E-state index contributed by atoms with van der Waals surface area (Å²) in [6.07, 6.45) is 3.48. The van der Waals surface area contributed by atoms with E-state index in [0.717, 1.165) is 39.4 Å². The Morgan fingerprint density at radius 2 is 1.95 bits per heavy atom. The summed E-state index contributed by atoms with van der Waals surface area (Å²) in [4.78, 5) is 15.1. The highest BCUT2D eigenvalue weighted by molar-refractivity contribution is 9.10. The zero-order valence-corrected chi connectivity index (χ0v) is 24.7. The van der Waals surface area contributed by atoms with Gasteiger partial charge in [0.25, 0.3) is 0 Å². The molecule has 5 rings (SSSR count). The molecule has 0 N–H and O–H groups in total. The first-order valence-corrected chi connectivity index (χ1v) is 14.3. The van der Waals surface area contributed by atoms with Gasteiger partial charge in [-0.05, 0) is 72.4 Å². The minimum Gasteiger partial charge on any atom is -0.374 e. The number of ether oxygens (including phenoxy) is 1. The lowest BCUT2D eigenvalue weighted by molar-refractivity contribution is -0.138. The maximum absolute atomic E-state index is 13.2. The number of morpholine rings is 1. The fraction of sp³-hybridized carbons (Fsp3) is 0.379. The number of aromatic nitrogens is 5. The van der Waals surface area contributed by atoms with E-state index < -0.39 is 0 Å². The molecule has 1 atom stereocenters. The van der Waals surface area contributed by atoms with Crippen LogP contribution in [-0.4, -0.2) is 61.4 Å². The van der Waals surface area contributed by atoms with Crippen molar-refractivity contribution in [3.05, 3.63) is 91.9 Å². The highest BCUT2D eigenvalue weighted by atomic mass is 79.9. The molecule has 2 aromatic carbocycles. The van der Waals surface area contributed by atoms with Gasteiger partial charge in [-0.15, -0.1) is 5.10 Å². The highest BCUT2D eigenvalue weighted by Crippen LogP contribution is 2.25. The molecule has 0 bridgehead atoms. The minimum atomic E-state index is -0.120. The van der Waals surface area contributed by atoms with Crippen LogP contribution >= 0.6 is 27.5 Å². The molecule has 1 fully saturated rings. The number of rotatable bonds is 8. The number of amides is 1. The van der Waals surface area contributed by atoms with Crippen molar-refractivity contribution in [1.29, 1.82) is 0 Å². The predicted molar refractivity (Wildman–Crippen MR) is 154 cm³/mol. The van der Waals surface area contributed by atoms with Crippen molar-refractivity contribution in [1.82, 2.24) is 29.7 Å². The molecule has 0 aliphatic carbocycles. The van der Waals surface area contributed by atoms with Crippen LogP contribution in [0.2, 0.25) is 5.02 Å². The van der Waals surface area contributed by atoms with Gasteiger partial charge >= 0.3 is 0 Å². The maximum atomic E-state index is 13.2. The molecule has 1 unspecified atom stereocenters. The number of carbonyl (C=O) groups excluding carboxylic acids is 1. The van der Waals surface area contributed by atoms with Gasteiger partial charge in [0.15, 0.2) is 0 Å². The Morgan fingerprint density at radius 3 is 2.72 bits per heavy atom. The number of aryl methyl sites for hydroxylation is 2. The summed E-state index contributed by atoms with van der Waals surface area (Å²) < 4.78 is 10.5. The standard InChI is InChI=1S/C29H32BrClN6O2/c1-19-4-6-22(7-5-19)16-36-21(3)26(20(2)33-36)9-11-29(38)35-12-13-39-25(18-35)14-23-17-37(34-32-23)24-8-10-28(31)27(30)15-24/h4-8,10,15,17,25H,9,11-14,16,18H2,1-3H3. The third-order valence-corrected chi connectivity index (χ3v) is 8.42. The third-order valence-electron chi connectivity index (χ3n) is 7.21. The Labute approximate surface area is 242 Å². The normalized spacial score (nSPS) is 15.6. The summed E-state index contributed by atoms with van der Waals surface area (Å²) in [6, 6.07) is 14.1. The summed E-state index contributed by atoms with van der Waals surface area (Å²) in [5, 5.41) is 14.0. The van der Waals surface area contributed by atoms with Crippen molar-refractivity contribution in [3.8, 4) is 5.69 Å². The van der Waals surface area contributed by atoms with Gasteiger partial charge in [0.1, 0.15) is 0 Å². The first kappa shape index (κ1) is 27.6. The van der Waals surface area contributed by atoms with Crippen LogP contribution in [-0.2, 0) is 28.9 Å². The first-order chi connectivity index (χ1) is 18.8. The first-order valence-electron chi connectivity index (χ1n) is 13.1. The SMILES string of the molecule is Cc1ccc(Cn2nc(C)c(CCC(=O)N3CCOC(Cc4cn(-c5ccc(Cl)c(Br)c5)nn4)C3)c2C)cc1. The molecule has 0 radical (unpaired) electrons. The van der Waals surface area contributed by atoms with Gasteiger partial charge in [0, 0.05) is 36.1 Å². The zero-order chi connectivity index (χ0) is 27.5. The Bertz CT molecular complexity index is 1470. The summed E-state index contributed by atoms with van der Waals surface area (Å²) >= 11 is 9.55. The smallest absolute Gasteiger partial charge is 0.223 e. The molecule has 204 valence electrons. The molecule has 10 heteroatoms. The van der Waals surface area contributed by atoms with E-state index >= 15 is 0 Å². The molecule has 0 saturated carbocycles.